The number of carbonyl (C=O) groups excluding carboxylic acids is 1. The number of amides is 1. The first kappa shape index (κ1) is 19.3. The van der Waals surface area contributed by atoms with Crippen LogP contribution >= 0.6 is 45.8 Å². The van der Waals surface area contributed by atoms with E-state index >= 15 is 0 Å². The molecule has 4 rings (SSSR count). The monoisotopic (exact) mass is 447 g/mol. The number of rotatable bonds is 8. The van der Waals surface area contributed by atoms with Gasteiger partial charge in [0.25, 0.3) is 5.91 Å². The number of hydrogen-bond acceptors (Lipinski definition) is 9. The van der Waals surface area contributed by atoms with E-state index in [4.69, 9.17) is 0 Å². The molecular formula is C18H17N5OS4. The zero-order valence-electron chi connectivity index (χ0n) is 14.8. The molecule has 0 saturated carbocycles. The van der Waals surface area contributed by atoms with E-state index < -0.39 is 0 Å². The van der Waals surface area contributed by atoms with Crippen molar-refractivity contribution >= 4 is 62.5 Å². The first-order valence-corrected chi connectivity index (χ1v) is 12.1. The van der Waals surface area contributed by atoms with Crippen LogP contribution in [0, 0.1) is 0 Å². The van der Waals surface area contributed by atoms with Gasteiger partial charge in [-0.3, -0.25) is 4.79 Å². The molecule has 3 aromatic heterocycles. The Labute approximate surface area is 179 Å². The molecular weight excluding hydrogens is 431 g/mol. The fourth-order valence-electron chi connectivity index (χ4n) is 2.72. The molecule has 10 heteroatoms. The van der Waals surface area contributed by atoms with Crippen LogP contribution in [0.25, 0.3) is 0 Å². The summed E-state index contributed by atoms with van der Waals surface area (Å²) in [5, 5.41) is 22.4. The molecule has 1 aliphatic heterocycles. The number of thiophene rings is 2. The standard InChI is InChI=1S/C18H17N5OS4/c1-2-7-19-17-20-21-18(28-17)27-11-16(24)23-13(15-6-4-9-26-15)10-12(22-23)14-5-3-8-25-14/h2-6,8-9,13H,1,7,10-11H2,(H,19,20). The summed E-state index contributed by atoms with van der Waals surface area (Å²) in [5.41, 5.74) is 0.971. The highest BCUT2D eigenvalue weighted by molar-refractivity contribution is 8.01. The Morgan fingerprint density at radius 1 is 1.32 bits per heavy atom. The minimum Gasteiger partial charge on any atom is -0.357 e. The fourth-order valence-corrected chi connectivity index (χ4v) is 5.87. The van der Waals surface area contributed by atoms with Crippen LogP contribution in [0.4, 0.5) is 5.13 Å². The normalized spacial score (nSPS) is 16.2. The molecule has 28 heavy (non-hydrogen) atoms. The highest BCUT2D eigenvalue weighted by atomic mass is 32.2. The smallest absolute Gasteiger partial charge is 0.253 e. The van der Waals surface area contributed by atoms with Gasteiger partial charge in [-0.15, -0.1) is 39.4 Å². The summed E-state index contributed by atoms with van der Waals surface area (Å²) in [4.78, 5) is 15.2. The molecule has 3 aromatic rings. The number of anilines is 1. The third-order valence-corrected chi connectivity index (χ3v) is 7.86. The van der Waals surface area contributed by atoms with Gasteiger partial charge in [-0.25, -0.2) is 5.01 Å². The molecule has 0 fully saturated rings. The van der Waals surface area contributed by atoms with Gasteiger partial charge in [0.2, 0.25) is 5.13 Å². The Hall–Kier alpha value is -2.01. The number of nitrogens with zero attached hydrogens (tertiary/aromatic N) is 4. The molecule has 1 atom stereocenters. The van der Waals surface area contributed by atoms with Crippen molar-refractivity contribution in [3.8, 4) is 0 Å². The average molecular weight is 448 g/mol. The fraction of sp³-hybridized carbons (Fsp3) is 0.222. The van der Waals surface area contributed by atoms with Gasteiger partial charge in [-0.2, -0.15) is 5.10 Å². The predicted octanol–water partition coefficient (Wildman–Crippen LogP) is 4.73. The van der Waals surface area contributed by atoms with Crippen molar-refractivity contribution < 1.29 is 4.79 Å². The van der Waals surface area contributed by atoms with Gasteiger partial charge in [-0.05, 0) is 22.9 Å². The lowest BCUT2D eigenvalue weighted by Crippen LogP contribution is -2.28. The second-order valence-corrected chi connectivity index (χ2v) is 9.96. The first-order chi connectivity index (χ1) is 13.7. The number of aromatic nitrogens is 2. The molecule has 1 N–H and O–H groups in total. The number of carbonyl (C=O) groups is 1. The Morgan fingerprint density at radius 2 is 2.18 bits per heavy atom. The highest BCUT2D eigenvalue weighted by Gasteiger charge is 2.34. The highest BCUT2D eigenvalue weighted by Crippen LogP contribution is 2.36. The summed E-state index contributed by atoms with van der Waals surface area (Å²) < 4.78 is 0.759. The van der Waals surface area contributed by atoms with Crippen molar-refractivity contribution in [2.45, 2.75) is 16.8 Å². The molecule has 1 unspecified atom stereocenters. The molecule has 144 valence electrons. The largest absolute Gasteiger partial charge is 0.357 e. The Kier molecular flexibility index (Phi) is 6.20. The van der Waals surface area contributed by atoms with Crippen molar-refractivity contribution in [2.24, 2.45) is 5.10 Å². The van der Waals surface area contributed by atoms with Crippen LogP contribution in [0.15, 0.2) is 57.1 Å². The Balaban J connectivity index is 1.45. The summed E-state index contributed by atoms with van der Waals surface area (Å²) in [7, 11) is 0. The molecule has 0 bridgehead atoms. The van der Waals surface area contributed by atoms with Gasteiger partial charge in [0.15, 0.2) is 4.34 Å². The molecule has 4 heterocycles. The lowest BCUT2D eigenvalue weighted by molar-refractivity contribution is -0.130. The molecule has 0 spiro atoms. The van der Waals surface area contributed by atoms with Crippen LogP contribution in [0.2, 0.25) is 0 Å². The molecule has 0 aliphatic carbocycles. The minimum absolute atomic E-state index is 0.0224. The maximum Gasteiger partial charge on any atom is 0.253 e. The third-order valence-electron chi connectivity index (χ3n) is 3.97. The minimum atomic E-state index is -0.0376. The van der Waals surface area contributed by atoms with E-state index in [2.05, 4.69) is 39.3 Å². The van der Waals surface area contributed by atoms with Crippen molar-refractivity contribution in [1.29, 1.82) is 0 Å². The summed E-state index contributed by atoms with van der Waals surface area (Å²) in [6.07, 6.45) is 2.50. The van der Waals surface area contributed by atoms with E-state index in [0.717, 1.165) is 31.4 Å². The molecule has 0 aromatic carbocycles. The van der Waals surface area contributed by atoms with Gasteiger partial charge < -0.3 is 5.32 Å². The third kappa shape index (κ3) is 4.35. The topological polar surface area (TPSA) is 70.5 Å². The van der Waals surface area contributed by atoms with Gasteiger partial charge in [-0.1, -0.05) is 41.3 Å². The van der Waals surface area contributed by atoms with E-state index in [1.807, 2.05) is 22.9 Å². The summed E-state index contributed by atoms with van der Waals surface area (Å²) in [6.45, 7) is 4.30. The van der Waals surface area contributed by atoms with Crippen LogP contribution in [0.1, 0.15) is 22.2 Å². The maximum atomic E-state index is 13.0. The van der Waals surface area contributed by atoms with E-state index in [0.29, 0.717) is 6.54 Å². The number of hydrazone groups is 1. The van der Waals surface area contributed by atoms with Crippen molar-refractivity contribution in [3.63, 3.8) is 0 Å². The van der Waals surface area contributed by atoms with Crippen LogP contribution < -0.4 is 5.32 Å². The molecule has 6 nitrogen and oxygen atoms in total. The molecule has 1 amide bonds. The van der Waals surface area contributed by atoms with E-state index in [1.165, 1.54) is 23.1 Å². The maximum absolute atomic E-state index is 13.0. The van der Waals surface area contributed by atoms with Crippen LogP contribution in [0.5, 0.6) is 0 Å². The number of hydrogen-bond donors (Lipinski definition) is 1. The Morgan fingerprint density at radius 3 is 2.93 bits per heavy atom. The SMILES string of the molecule is C=CCNc1nnc(SCC(=O)N2N=C(c3cccs3)CC2c2cccs2)s1. The number of nitrogens with one attached hydrogen (secondary N) is 1. The van der Waals surface area contributed by atoms with Gasteiger partial charge in [0.1, 0.15) is 0 Å². The zero-order valence-corrected chi connectivity index (χ0v) is 18.0. The predicted molar refractivity (Wildman–Crippen MR) is 119 cm³/mol. The molecule has 0 radical (unpaired) electrons. The summed E-state index contributed by atoms with van der Waals surface area (Å²) in [6, 6.07) is 8.11. The summed E-state index contributed by atoms with van der Waals surface area (Å²) in [5.74, 6) is 0.255. The Bertz CT molecular complexity index is 964. The van der Waals surface area contributed by atoms with E-state index in [-0.39, 0.29) is 17.7 Å². The van der Waals surface area contributed by atoms with Gasteiger partial charge in [0.05, 0.1) is 22.4 Å². The first-order valence-electron chi connectivity index (χ1n) is 8.52. The van der Waals surface area contributed by atoms with Crippen LogP contribution in [-0.4, -0.2) is 39.1 Å². The number of thioether (sulfide) groups is 1. The van der Waals surface area contributed by atoms with Gasteiger partial charge in [0, 0.05) is 17.8 Å². The van der Waals surface area contributed by atoms with Gasteiger partial charge >= 0.3 is 0 Å². The van der Waals surface area contributed by atoms with E-state index in [9.17, 15) is 4.79 Å². The lowest BCUT2D eigenvalue weighted by atomic mass is 10.1. The quantitative estimate of drug-likeness (QED) is 0.399. The van der Waals surface area contributed by atoms with Crippen molar-refractivity contribution in [1.82, 2.24) is 15.2 Å². The molecule has 0 saturated heterocycles. The van der Waals surface area contributed by atoms with E-state index in [1.54, 1.807) is 33.8 Å². The summed E-state index contributed by atoms with van der Waals surface area (Å²) >= 11 is 6.14. The van der Waals surface area contributed by atoms with Crippen molar-refractivity contribution in [2.75, 3.05) is 17.6 Å². The molecule has 1 aliphatic rings. The average Bonchev–Trinajstić information content (AvgIpc) is 3.48. The second-order valence-electron chi connectivity index (χ2n) is 5.83. The second kappa shape index (κ2) is 8.99. The van der Waals surface area contributed by atoms with Crippen molar-refractivity contribution in [3.05, 3.63) is 57.4 Å². The lowest BCUT2D eigenvalue weighted by Gasteiger charge is -2.20. The van der Waals surface area contributed by atoms with Crippen LogP contribution in [-0.2, 0) is 4.79 Å². The zero-order chi connectivity index (χ0) is 19.3. The van der Waals surface area contributed by atoms with Crippen LogP contribution in [0.3, 0.4) is 0 Å².